The molecule has 6 heteroatoms. The molecule has 264 valence electrons. The van der Waals surface area contributed by atoms with Crippen molar-refractivity contribution < 1.29 is 9.21 Å². The van der Waals surface area contributed by atoms with Crippen molar-refractivity contribution in [2.75, 3.05) is 9.80 Å². The third-order valence-electron chi connectivity index (χ3n) is 12.3. The minimum Gasteiger partial charge on any atom is -0.456 e. The maximum absolute atomic E-state index is 16.0. The highest BCUT2D eigenvalue weighted by Gasteiger charge is 2.51. The molecule has 0 N–H and O–H groups in total. The van der Waals surface area contributed by atoms with Crippen LogP contribution in [-0.4, -0.2) is 19.5 Å². The van der Waals surface area contributed by atoms with Gasteiger partial charge in [-0.2, -0.15) is 0 Å². The quantitative estimate of drug-likeness (QED) is 0.169. The van der Waals surface area contributed by atoms with E-state index in [4.69, 9.17) is 4.42 Å². The summed E-state index contributed by atoms with van der Waals surface area (Å²) >= 11 is 0. The summed E-state index contributed by atoms with van der Waals surface area (Å²) in [4.78, 5) is 20.1. The molecule has 0 saturated heterocycles. The lowest BCUT2D eigenvalue weighted by Gasteiger charge is -2.48. The van der Waals surface area contributed by atoms with E-state index in [1.807, 2.05) is 21.9 Å². The molecule has 2 amide bonds. The molecule has 4 nitrogen and oxygen atoms in total. The van der Waals surface area contributed by atoms with Gasteiger partial charge in [0.25, 0.3) is 0 Å². The van der Waals surface area contributed by atoms with E-state index < -0.39 is 0 Å². The van der Waals surface area contributed by atoms with Crippen LogP contribution in [0.2, 0.25) is 0 Å². The standard InChI is InChI=1S/C49H40B2N2O2/c1-48(2,3)34-25-29-26-35(49(4,5)6)44-46-42(29)45-43(34)50(30-17-9-7-10-18-30)36-22-14-15-23-38(36)52(45)47(54)53(46)39-28-41-33(32-21-13-16-24-40(32)55-41)27-37(39)51(44)31-19-11-8-12-20-31/h7-28H,1-6H3. The molecule has 0 aliphatic carbocycles. The first-order chi connectivity index (χ1) is 26.5. The smallest absolute Gasteiger partial charge is 0.338 e. The van der Waals surface area contributed by atoms with E-state index in [9.17, 15) is 0 Å². The number of hydrogen-bond acceptors (Lipinski definition) is 2. The number of carbonyl (C=O) groups excluding carboxylic acids is 1. The van der Waals surface area contributed by atoms with Crippen molar-refractivity contribution in [1.29, 1.82) is 0 Å². The zero-order valence-electron chi connectivity index (χ0n) is 32.1. The molecule has 0 fully saturated rings. The van der Waals surface area contributed by atoms with Crippen molar-refractivity contribution >= 4 is 108 Å². The van der Waals surface area contributed by atoms with E-state index in [0.717, 1.165) is 61.0 Å². The van der Waals surface area contributed by atoms with Crippen molar-refractivity contribution in [1.82, 2.24) is 0 Å². The summed E-state index contributed by atoms with van der Waals surface area (Å²) in [6, 6.07) is 47.8. The number of benzene rings is 7. The van der Waals surface area contributed by atoms with Gasteiger partial charge in [0.15, 0.2) is 0 Å². The second-order valence-corrected chi connectivity index (χ2v) is 17.7. The monoisotopic (exact) mass is 710 g/mol. The number of para-hydroxylation sites is 2. The van der Waals surface area contributed by atoms with Crippen LogP contribution in [0.1, 0.15) is 52.7 Å². The van der Waals surface area contributed by atoms with Crippen LogP contribution in [0.3, 0.4) is 0 Å². The molecular weight excluding hydrogens is 670 g/mol. The average Bonchev–Trinajstić information content (AvgIpc) is 3.54. The molecule has 55 heavy (non-hydrogen) atoms. The summed E-state index contributed by atoms with van der Waals surface area (Å²) in [5.74, 6) is 0. The van der Waals surface area contributed by atoms with Crippen molar-refractivity contribution in [2.45, 2.75) is 52.4 Å². The Morgan fingerprint density at radius 2 is 1.04 bits per heavy atom. The molecule has 4 heterocycles. The summed E-state index contributed by atoms with van der Waals surface area (Å²) in [5, 5.41) is 4.45. The molecule has 0 spiro atoms. The molecule has 7 aromatic carbocycles. The molecule has 0 radical (unpaired) electrons. The Morgan fingerprint density at radius 1 is 0.509 bits per heavy atom. The highest BCUT2D eigenvalue weighted by atomic mass is 16.3. The maximum atomic E-state index is 16.0. The molecule has 0 atom stereocenters. The third kappa shape index (κ3) is 4.40. The number of furan rings is 1. The fourth-order valence-electron chi connectivity index (χ4n) is 10.0. The van der Waals surface area contributed by atoms with Crippen molar-refractivity contribution in [3.8, 4) is 0 Å². The molecule has 8 aromatic rings. The molecule has 0 unspecified atom stereocenters. The molecule has 3 aliphatic heterocycles. The molecule has 3 aliphatic rings. The van der Waals surface area contributed by atoms with E-state index in [-0.39, 0.29) is 30.3 Å². The van der Waals surface area contributed by atoms with Gasteiger partial charge < -0.3 is 4.42 Å². The van der Waals surface area contributed by atoms with Crippen molar-refractivity contribution in [2.24, 2.45) is 0 Å². The number of carbonyl (C=O) groups is 1. The van der Waals surface area contributed by atoms with Gasteiger partial charge in [-0.15, -0.1) is 0 Å². The SMILES string of the molecule is CC(C)(C)c1cc2cc(C(C)(C)C)c3c4c2c2c1B(c1ccccc1)c1ccccc1N2C(=O)N4c1cc2oc4ccccc4c2cc1B3c1ccccc1. The van der Waals surface area contributed by atoms with Crippen LogP contribution in [-0.2, 0) is 10.8 Å². The lowest BCUT2D eigenvalue weighted by atomic mass is 9.32. The Kier molecular flexibility index (Phi) is 6.51. The van der Waals surface area contributed by atoms with Gasteiger partial charge in [0, 0.05) is 33.6 Å². The zero-order chi connectivity index (χ0) is 37.5. The number of rotatable bonds is 2. The minimum absolute atomic E-state index is 0.0458. The average molecular weight is 710 g/mol. The van der Waals surface area contributed by atoms with Crippen LogP contribution >= 0.6 is 0 Å². The molecule has 11 rings (SSSR count). The number of fused-ring (bicyclic) bond motifs is 7. The largest absolute Gasteiger partial charge is 0.456 e. The second kappa shape index (κ2) is 11.0. The van der Waals surface area contributed by atoms with Crippen LogP contribution in [0, 0.1) is 0 Å². The Hall–Kier alpha value is -6.00. The van der Waals surface area contributed by atoms with Crippen LogP contribution in [0.4, 0.5) is 27.5 Å². The summed E-state index contributed by atoms with van der Waals surface area (Å²) in [6.07, 6.45) is 0. The summed E-state index contributed by atoms with van der Waals surface area (Å²) in [7, 11) is 0. The van der Waals surface area contributed by atoms with Crippen molar-refractivity contribution in [3.63, 3.8) is 0 Å². The van der Waals surface area contributed by atoms with Gasteiger partial charge in [-0.3, -0.25) is 9.80 Å². The predicted octanol–water partition coefficient (Wildman–Crippen LogP) is 8.40. The number of amides is 2. The van der Waals surface area contributed by atoms with Gasteiger partial charge in [-0.1, -0.05) is 168 Å². The zero-order valence-corrected chi connectivity index (χ0v) is 32.1. The fraction of sp³-hybridized carbons (Fsp3) is 0.163. The fourth-order valence-corrected chi connectivity index (χ4v) is 10.0. The van der Waals surface area contributed by atoms with Crippen LogP contribution in [0.15, 0.2) is 138 Å². The molecule has 0 saturated carbocycles. The summed E-state index contributed by atoms with van der Waals surface area (Å²) in [5.41, 5.74) is 14.7. The maximum Gasteiger partial charge on any atom is 0.338 e. The lowest BCUT2D eigenvalue weighted by Crippen LogP contribution is -2.65. The third-order valence-corrected chi connectivity index (χ3v) is 12.3. The van der Waals surface area contributed by atoms with E-state index in [0.29, 0.717) is 0 Å². The van der Waals surface area contributed by atoms with Crippen LogP contribution in [0.5, 0.6) is 0 Å². The van der Waals surface area contributed by atoms with E-state index in [2.05, 4.69) is 163 Å². The van der Waals surface area contributed by atoms with E-state index >= 15 is 4.79 Å². The van der Waals surface area contributed by atoms with Gasteiger partial charge in [0.05, 0.1) is 11.4 Å². The normalized spacial score (nSPS) is 14.6. The summed E-state index contributed by atoms with van der Waals surface area (Å²) < 4.78 is 6.56. The Labute approximate surface area is 322 Å². The molecular formula is C49H40B2N2O2. The highest BCUT2D eigenvalue weighted by Crippen LogP contribution is 2.51. The van der Waals surface area contributed by atoms with Gasteiger partial charge >= 0.3 is 6.03 Å². The minimum atomic E-state index is -0.222. The van der Waals surface area contributed by atoms with Gasteiger partial charge in [0.2, 0.25) is 13.4 Å². The Balaban J connectivity index is 1.37. The van der Waals surface area contributed by atoms with Gasteiger partial charge in [0.1, 0.15) is 11.2 Å². The highest BCUT2D eigenvalue weighted by molar-refractivity contribution is 7.00. The summed E-state index contributed by atoms with van der Waals surface area (Å²) in [6.45, 7) is 13.7. The van der Waals surface area contributed by atoms with Crippen LogP contribution < -0.4 is 42.6 Å². The van der Waals surface area contributed by atoms with Gasteiger partial charge in [-0.25, -0.2) is 4.79 Å². The predicted molar refractivity (Wildman–Crippen MR) is 233 cm³/mol. The first kappa shape index (κ1) is 32.4. The topological polar surface area (TPSA) is 36.7 Å². The van der Waals surface area contributed by atoms with Crippen LogP contribution in [0.25, 0.3) is 32.7 Å². The van der Waals surface area contributed by atoms with E-state index in [1.54, 1.807) is 0 Å². The first-order valence-corrected chi connectivity index (χ1v) is 19.5. The lowest BCUT2D eigenvalue weighted by molar-refractivity contribution is 0.255. The number of nitrogens with zero attached hydrogens (tertiary/aromatic N) is 2. The Morgan fingerprint density at radius 3 is 1.65 bits per heavy atom. The molecule has 1 aromatic heterocycles. The number of anilines is 4. The molecule has 0 bridgehead atoms. The van der Waals surface area contributed by atoms with Crippen molar-refractivity contribution in [3.05, 3.63) is 145 Å². The van der Waals surface area contributed by atoms with Gasteiger partial charge in [-0.05, 0) is 61.3 Å². The Bertz CT molecular complexity index is 2940. The second-order valence-electron chi connectivity index (χ2n) is 17.7. The van der Waals surface area contributed by atoms with E-state index in [1.165, 1.54) is 38.4 Å². The number of hydrogen-bond donors (Lipinski definition) is 0. The first-order valence-electron chi connectivity index (χ1n) is 19.5. The number of urea groups is 1.